The maximum absolute atomic E-state index is 13.5. The van der Waals surface area contributed by atoms with E-state index in [0.717, 1.165) is 16.9 Å². The highest BCUT2D eigenvalue weighted by Crippen LogP contribution is 2.29. The topological polar surface area (TPSA) is 73.4 Å². The molecule has 1 fully saturated rings. The van der Waals surface area contributed by atoms with Crippen LogP contribution in [-0.4, -0.2) is 52.9 Å². The third-order valence-corrected chi connectivity index (χ3v) is 5.07. The molecule has 6 nitrogen and oxygen atoms in total. The van der Waals surface area contributed by atoms with Crippen molar-refractivity contribution in [3.05, 3.63) is 71.9 Å². The minimum atomic E-state index is -0.123. The van der Waals surface area contributed by atoms with Crippen molar-refractivity contribution < 1.29 is 9.53 Å². The predicted octanol–water partition coefficient (Wildman–Crippen LogP) is 2.65. The van der Waals surface area contributed by atoms with Crippen LogP contribution in [0.4, 0.5) is 0 Å². The number of rotatable bonds is 4. The number of amides is 1. The minimum absolute atomic E-state index is 0.0275. The average Bonchev–Trinajstić information content (AvgIpc) is 3.11. The number of hydrogen-bond acceptors (Lipinski definition) is 4. The Morgan fingerprint density at radius 1 is 1.14 bits per heavy atom. The molecule has 1 atom stereocenters. The maximum atomic E-state index is 13.5. The monoisotopic (exact) mass is 376 g/mol. The molecule has 28 heavy (non-hydrogen) atoms. The number of hydrogen-bond donors (Lipinski definition) is 1. The molecule has 0 radical (unpaired) electrons. The third-order valence-electron chi connectivity index (χ3n) is 5.07. The summed E-state index contributed by atoms with van der Waals surface area (Å²) in [5.74, 6) is -0.0275. The minimum Gasteiger partial charge on any atom is -0.373 e. The van der Waals surface area contributed by atoms with Gasteiger partial charge in [-0.05, 0) is 19.1 Å². The quantitative estimate of drug-likeness (QED) is 0.760. The van der Waals surface area contributed by atoms with E-state index in [-0.39, 0.29) is 12.0 Å². The summed E-state index contributed by atoms with van der Waals surface area (Å²) < 4.78 is 7.47. The number of benzene rings is 2. The highest BCUT2D eigenvalue weighted by molar-refractivity contribution is 6.01. The Morgan fingerprint density at radius 2 is 1.82 bits per heavy atom. The Kier molecular flexibility index (Phi) is 5.23. The van der Waals surface area contributed by atoms with Crippen LogP contribution in [0.3, 0.4) is 0 Å². The van der Waals surface area contributed by atoms with E-state index in [1.165, 1.54) is 0 Å². The Bertz CT molecular complexity index is 953. The summed E-state index contributed by atoms with van der Waals surface area (Å²) in [5.41, 5.74) is 9.76. The van der Waals surface area contributed by atoms with Crippen LogP contribution in [0, 0.1) is 6.92 Å². The Morgan fingerprint density at radius 3 is 2.50 bits per heavy atom. The standard InChI is InChI=1S/C22H24N4O2/c1-16-20(22(27)25-12-13-28-19(14-23)15-25)21(17-8-4-2-5-9-17)24-26(16)18-10-6-3-7-11-18/h2-11,19H,12-15,23H2,1H3/t19-/m1/s1. The van der Waals surface area contributed by atoms with Gasteiger partial charge in [-0.25, -0.2) is 4.68 Å². The Hall–Kier alpha value is -2.96. The van der Waals surface area contributed by atoms with Gasteiger partial charge in [0.25, 0.3) is 5.91 Å². The maximum Gasteiger partial charge on any atom is 0.258 e. The molecule has 1 aromatic heterocycles. The summed E-state index contributed by atoms with van der Waals surface area (Å²) in [7, 11) is 0. The first-order valence-electron chi connectivity index (χ1n) is 9.50. The zero-order valence-corrected chi connectivity index (χ0v) is 15.9. The lowest BCUT2D eigenvalue weighted by Gasteiger charge is -2.32. The second-order valence-corrected chi connectivity index (χ2v) is 6.90. The second kappa shape index (κ2) is 7.96. The molecule has 3 aromatic rings. The van der Waals surface area contributed by atoms with E-state index in [1.807, 2.05) is 77.2 Å². The van der Waals surface area contributed by atoms with Gasteiger partial charge >= 0.3 is 0 Å². The van der Waals surface area contributed by atoms with Crippen LogP contribution in [0.15, 0.2) is 60.7 Å². The van der Waals surface area contributed by atoms with Crippen molar-refractivity contribution in [1.82, 2.24) is 14.7 Å². The molecular formula is C22H24N4O2. The van der Waals surface area contributed by atoms with Crippen molar-refractivity contribution in [3.63, 3.8) is 0 Å². The lowest BCUT2D eigenvalue weighted by Crippen LogP contribution is -2.48. The normalized spacial score (nSPS) is 16.9. The largest absolute Gasteiger partial charge is 0.373 e. The van der Waals surface area contributed by atoms with Crippen molar-refractivity contribution in [2.45, 2.75) is 13.0 Å². The van der Waals surface area contributed by atoms with Crippen LogP contribution in [0.25, 0.3) is 16.9 Å². The molecule has 1 aliphatic rings. The molecule has 144 valence electrons. The van der Waals surface area contributed by atoms with E-state index in [0.29, 0.717) is 37.5 Å². The fourth-order valence-corrected chi connectivity index (χ4v) is 3.58. The lowest BCUT2D eigenvalue weighted by atomic mass is 10.0. The first-order chi connectivity index (χ1) is 13.7. The van der Waals surface area contributed by atoms with Crippen LogP contribution in [0.5, 0.6) is 0 Å². The van der Waals surface area contributed by atoms with Gasteiger partial charge in [-0.3, -0.25) is 4.79 Å². The fourth-order valence-electron chi connectivity index (χ4n) is 3.58. The van der Waals surface area contributed by atoms with Gasteiger partial charge in [0.05, 0.1) is 29.7 Å². The molecule has 0 unspecified atom stereocenters. The molecule has 2 heterocycles. The smallest absolute Gasteiger partial charge is 0.258 e. The summed E-state index contributed by atoms with van der Waals surface area (Å²) in [6.45, 7) is 3.90. The molecule has 1 amide bonds. The summed E-state index contributed by atoms with van der Waals surface area (Å²) in [4.78, 5) is 15.3. The average molecular weight is 376 g/mol. The number of nitrogens with two attached hydrogens (primary N) is 1. The zero-order valence-electron chi connectivity index (χ0n) is 15.9. The van der Waals surface area contributed by atoms with E-state index < -0.39 is 0 Å². The van der Waals surface area contributed by atoms with Crippen LogP contribution in [-0.2, 0) is 4.74 Å². The summed E-state index contributed by atoms with van der Waals surface area (Å²) in [6, 6.07) is 19.7. The molecule has 1 aliphatic heterocycles. The van der Waals surface area contributed by atoms with E-state index in [9.17, 15) is 4.79 Å². The molecule has 2 N–H and O–H groups in total. The molecule has 1 saturated heterocycles. The van der Waals surface area contributed by atoms with Crippen molar-refractivity contribution in [2.75, 3.05) is 26.2 Å². The molecule has 6 heteroatoms. The first-order valence-corrected chi connectivity index (χ1v) is 9.50. The third kappa shape index (κ3) is 3.44. The molecule has 4 rings (SSSR count). The van der Waals surface area contributed by atoms with Crippen LogP contribution in [0.1, 0.15) is 16.1 Å². The van der Waals surface area contributed by atoms with Gasteiger partial charge in [0, 0.05) is 25.2 Å². The van der Waals surface area contributed by atoms with Gasteiger partial charge in [0.15, 0.2) is 0 Å². The fraction of sp³-hybridized carbons (Fsp3) is 0.273. The molecule has 0 bridgehead atoms. The van der Waals surface area contributed by atoms with E-state index >= 15 is 0 Å². The first kappa shape index (κ1) is 18.4. The predicted molar refractivity (Wildman–Crippen MR) is 108 cm³/mol. The van der Waals surface area contributed by atoms with Gasteiger partial charge < -0.3 is 15.4 Å². The summed E-state index contributed by atoms with van der Waals surface area (Å²) in [6.07, 6.45) is -0.123. The van der Waals surface area contributed by atoms with Gasteiger partial charge in [0.2, 0.25) is 0 Å². The van der Waals surface area contributed by atoms with Crippen molar-refractivity contribution >= 4 is 5.91 Å². The number of nitrogens with zero attached hydrogens (tertiary/aromatic N) is 3. The van der Waals surface area contributed by atoms with Crippen molar-refractivity contribution in [1.29, 1.82) is 0 Å². The van der Waals surface area contributed by atoms with Gasteiger partial charge in [0.1, 0.15) is 5.69 Å². The SMILES string of the molecule is Cc1c(C(=O)N2CCO[C@H](CN)C2)c(-c2ccccc2)nn1-c1ccccc1. The number of aromatic nitrogens is 2. The number of ether oxygens (including phenoxy) is 1. The highest BCUT2D eigenvalue weighted by Gasteiger charge is 2.30. The lowest BCUT2D eigenvalue weighted by molar-refractivity contribution is -0.0167. The highest BCUT2D eigenvalue weighted by atomic mass is 16.5. The van der Waals surface area contributed by atoms with E-state index in [1.54, 1.807) is 0 Å². The van der Waals surface area contributed by atoms with E-state index in [4.69, 9.17) is 15.6 Å². The number of para-hydroxylation sites is 1. The molecular weight excluding hydrogens is 352 g/mol. The zero-order chi connectivity index (χ0) is 19.5. The van der Waals surface area contributed by atoms with Crippen LogP contribution >= 0.6 is 0 Å². The van der Waals surface area contributed by atoms with Gasteiger partial charge in [-0.2, -0.15) is 5.10 Å². The Labute approximate surface area is 164 Å². The van der Waals surface area contributed by atoms with Crippen molar-refractivity contribution in [3.8, 4) is 16.9 Å². The van der Waals surface area contributed by atoms with Gasteiger partial charge in [-0.1, -0.05) is 48.5 Å². The number of carbonyl (C=O) groups is 1. The Balaban J connectivity index is 1.81. The molecule has 0 saturated carbocycles. The summed E-state index contributed by atoms with van der Waals surface area (Å²) >= 11 is 0. The number of morpholine rings is 1. The van der Waals surface area contributed by atoms with Crippen molar-refractivity contribution in [2.24, 2.45) is 5.73 Å². The molecule has 0 spiro atoms. The molecule has 0 aliphatic carbocycles. The number of carbonyl (C=O) groups excluding carboxylic acids is 1. The van der Waals surface area contributed by atoms with Crippen LogP contribution < -0.4 is 5.73 Å². The van der Waals surface area contributed by atoms with E-state index in [2.05, 4.69) is 0 Å². The van der Waals surface area contributed by atoms with Gasteiger partial charge in [-0.15, -0.1) is 0 Å². The molecule has 2 aromatic carbocycles. The second-order valence-electron chi connectivity index (χ2n) is 6.90. The summed E-state index contributed by atoms with van der Waals surface area (Å²) in [5, 5.41) is 4.82. The van der Waals surface area contributed by atoms with Crippen LogP contribution in [0.2, 0.25) is 0 Å².